The summed E-state index contributed by atoms with van der Waals surface area (Å²) in [6, 6.07) is 23.5. The summed E-state index contributed by atoms with van der Waals surface area (Å²) in [4.78, 5) is 65.8. The van der Waals surface area contributed by atoms with Gasteiger partial charge >= 0.3 is 6.09 Å². The number of rotatable bonds is 18. The number of fused-ring (bicyclic) bond motifs is 2. The number of aryl methyl sites for hydroxylation is 2. The number of carbonyl (C=O) groups excluding carboxylic acids is 3. The van der Waals surface area contributed by atoms with Gasteiger partial charge in [-0.25, -0.2) is 14.8 Å². The second-order valence-corrected chi connectivity index (χ2v) is 21.2. The molecule has 14 heteroatoms. The molecule has 2 aliphatic carbocycles. The van der Waals surface area contributed by atoms with E-state index in [1.54, 1.807) is 7.11 Å². The van der Waals surface area contributed by atoms with Gasteiger partial charge in [0.25, 0.3) is 0 Å². The van der Waals surface area contributed by atoms with Crippen LogP contribution in [-0.2, 0) is 27.4 Å². The monoisotopic (exact) mass is 984 g/mol. The number of unbranched alkanes of at least 4 members (excludes halogenated alkanes) is 1. The Labute approximate surface area is 427 Å². The van der Waals surface area contributed by atoms with Gasteiger partial charge in [0.15, 0.2) is 0 Å². The van der Waals surface area contributed by atoms with Crippen molar-refractivity contribution in [2.24, 2.45) is 11.8 Å². The number of nitrogens with zero attached hydrogens (tertiary/aromatic N) is 9. The number of anilines is 1. The van der Waals surface area contributed by atoms with Crippen LogP contribution in [0.2, 0.25) is 0 Å². The number of piperidine rings is 2. The Bertz CT molecular complexity index is 2600. The number of amides is 3. The predicted octanol–water partition coefficient (Wildman–Crippen LogP) is 11.0. The van der Waals surface area contributed by atoms with Gasteiger partial charge < -0.3 is 38.2 Å². The van der Waals surface area contributed by atoms with Gasteiger partial charge in [0.2, 0.25) is 17.7 Å². The molecule has 0 radical (unpaired) electrons. The van der Waals surface area contributed by atoms with Crippen molar-refractivity contribution in [1.82, 2.24) is 38.8 Å². The molecule has 3 amide bonds. The Morgan fingerprint density at radius 2 is 1.31 bits per heavy atom. The number of ether oxygens (including phenoxy) is 2. The van der Waals surface area contributed by atoms with Crippen LogP contribution in [0.4, 0.5) is 10.6 Å². The highest BCUT2D eigenvalue weighted by Crippen LogP contribution is 2.47. The summed E-state index contributed by atoms with van der Waals surface area (Å²) in [5.74, 6) is 4.96. The van der Waals surface area contributed by atoms with E-state index in [1.165, 1.54) is 19.3 Å². The summed E-state index contributed by atoms with van der Waals surface area (Å²) in [5.41, 5.74) is 4.02. The standard InChI is InChI=1S/C58H81N9O5/c1-6-9-37-72-58(70)62-34-18-19-43(39-62)56-59-48-22-13-15-24-50(48)65(56)35-32-55(69)64(8-3)45-30-28-42(29-31-45)46-38-41(4)67(52-26-17-27-53(61-52)71-5)40-47(46)57-60-49-23-14-16-25-51(49)66(57)36-33-54(68)63(7-2)44-20-11-10-12-21-44/h13-17,22-27,41-47H,6-12,18-21,28-40H2,1-5H3. The summed E-state index contributed by atoms with van der Waals surface area (Å²) >= 11 is 0. The van der Waals surface area contributed by atoms with E-state index in [2.05, 4.69) is 87.9 Å². The smallest absolute Gasteiger partial charge is 0.409 e. The first-order valence-electron chi connectivity index (χ1n) is 27.9. The van der Waals surface area contributed by atoms with Gasteiger partial charge in [-0.2, -0.15) is 4.98 Å². The van der Waals surface area contributed by atoms with Crippen LogP contribution >= 0.6 is 0 Å². The van der Waals surface area contributed by atoms with Crippen molar-refractivity contribution < 1.29 is 23.9 Å². The molecular weight excluding hydrogens is 903 g/mol. The third-order valence-corrected chi connectivity index (χ3v) is 17.0. The van der Waals surface area contributed by atoms with Crippen LogP contribution in [0, 0.1) is 11.8 Å². The zero-order valence-electron chi connectivity index (χ0n) is 43.9. The number of imidazole rings is 2. The molecule has 0 bridgehead atoms. The number of aromatic nitrogens is 5. The van der Waals surface area contributed by atoms with Crippen molar-refractivity contribution in [3.05, 3.63) is 78.4 Å². The van der Waals surface area contributed by atoms with Crippen molar-refractivity contribution in [3.8, 4) is 5.88 Å². The van der Waals surface area contributed by atoms with Gasteiger partial charge in [-0.1, -0.05) is 62.9 Å². The topological polar surface area (TPSA) is 131 Å². The Hall–Kier alpha value is -5.66. The average Bonchev–Trinajstić information content (AvgIpc) is 3.99. The van der Waals surface area contributed by atoms with Gasteiger partial charge in [0, 0.05) is 94.7 Å². The number of benzene rings is 2. The fourth-order valence-corrected chi connectivity index (χ4v) is 13.2. The zero-order valence-corrected chi connectivity index (χ0v) is 43.9. The highest BCUT2D eigenvalue weighted by molar-refractivity contribution is 5.80. The molecule has 388 valence electrons. The maximum Gasteiger partial charge on any atom is 0.409 e. The molecule has 2 saturated carbocycles. The van der Waals surface area contributed by atoms with Crippen molar-refractivity contribution >= 4 is 45.8 Å². The lowest BCUT2D eigenvalue weighted by Crippen LogP contribution is -2.49. The number of hydrogen-bond acceptors (Lipinski definition) is 9. The maximum absolute atomic E-state index is 14.5. The molecule has 3 aromatic heterocycles. The van der Waals surface area contributed by atoms with Gasteiger partial charge in [0.05, 0.1) is 35.8 Å². The summed E-state index contributed by atoms with van der Waals surface area (Å²) in [6.45, 7) is 13.7. The number of hydrogen-bond donors (Lipinski definition) is 0. The van der Waals surface area contributed by atoms with Gasteiger partial charge in [-0.3, -0.25) is 9.59 Å². The SMILES string of the molecule is CCCCOC(=O)N1CCCC(c2nc3ccccc3n2CCC(=O)N(CC)C2CCC(C3CC(C)N(c4cccc(OC)n4)CC3c3nc4ccccc4n3CCC(=O)N(CC)C3CCCCC3)CC2)C1. The number of methoxy groups -OCH3 is 1. The summed E-state index contributed by atoms with van der Waals surface area (Å²) in [7, 11) is 1.67. The minimum absolute atomic E-state index is 0.0688. The first kappa shape index (κ1) is 51.2. The fourth-order valence-electron chi connectivity index (χ4n) is 13.2. The molecule has 0 spiro atoms. The van der Waals surface area contributed by atoms with E-state index in [4.69, 9.17) is 24.4 Å². The predicted molar refractivity (Wildman–Crippen MR) is 284 cm³/mol. The Morgan fingerprint density at radius 1 is 0.681 bits per heavy atom. The van der Waals surface area contributed by atoms with E-state index in [0.717, 1.165) is 123 Å². The highest BCUT2D eigenvalue weighted by Gasteiger charge is 2.43. The van der Waals surface area contributed by atoms with E-state index in [1.807, 2.05) is 35.2 Å². The summed E-state index contributed by atoms with van der Waals surface area (Å²) < 4.78 is 15.9. The lowest BCUT2D eigenvalue weighted by atomic mass is 9.68. The normalized spacial score (nSPS) is 23.1. The molecular formula is C58H81N9O5. The molecule has 72 heavy (non-hydrogen) atoms. The third kappa shape index (κ3) is 11.3. The van der Waals surface area contributed by atoms with E-state index in [9.17, 15) is 14.4 Å². The maximum atomic E-state index is 14.5. The summed E-state index contributed by atoms with van der Waals surface area (Å²) in [6.07, 6.45) is 15.1. The molecule has 4 atom stereocenters. The van der Waals surface area contributed by atoms with Gasteiger partial charge in [0.1, 0.15) is 17.5 Å². The minimum atomic E-state index is -0.239. The van der Waals surface area contributed by atoms with Crippen molar-refractivity contribution in [1.29, 1.82) is 0 Å². The van der Waals surface area contributed by atoms with Gasteiger partial charge in [-0.05, 0) is 127 Å². The molecule has 4 aliphatic rings. The molecule has 0 N–H and O–H groups in total. The van der Waals surface area contributed by atoms with Crippen LogP contribution in [0.15, 0.2) is 66.7 Å². The molecule has 2 aromatic carbocycles. The first-order chi connectivity index (χ1) is 35.2. The first-order valence-corrected chi connectivity index (χ1v) is 27.9. The lowest BCUT2D eigenvalue weighted by Gasteiger charge is -2.48. The van der Waals surface area contributed by atoms with Crippen molar-refractivity contribution in [2.45, 2.75) is 173 Å². The highest BCUT2D eigenvalue weighted by atomic mass is 16.6. The molecule has 5 aromatic rings. The molecule has 4 unspecified atom stereocenters. The lowest BCUT2D eigenvalue weighted by molar-refractivity contribution is -0.135. The van der Waals surface area contributed by atoms with Crippen LogP contribution in [0.25, 0.3) is 22.1 Å². The Balaban J connectivity index is 0.918. The van der Waals surface area contributed by atoms with Crippen molar-refractivity contribution in [2.75, 3.05) is 51.3 Å². The van der Waals surface area contributed by atoms with Crippen LogP contribution < -0.4 is 9.64 Å². The second kappa shape index (κ2) is 23.9. The third-order valence-electron chi connectivity index (χ3n) is 17.0. The minimum Gasteiger partial charge on any atom is -0.481 e. The largest absolute Gasteiger partial charge is 0.481 e. The molecule has 2 saturated heterocycles. The van der Waals surface area contributed by atoms with E-state index >= 15 is 0 Å². The number of likely N-dealkylation sites (tertiary alicyclic amines) is 1. The van der Waals surface area contributed by atoms with E-state index < -0.39 is 0 Å². The Kier molecular flexibility index (Phi) is 17.0. The van der Waals surface area contributed by atoms with Crippen molar-refractivity contribution in [3.63, 3.8) is 0 Å². The molecule has 9 rings (SSSR count). The van der Waals surface area contributed by atoms with E-state index in [-0.39, 0.29) is 41.8 Å². The molecule has 4 fully saturated rings. The fraction of sp³-hybridized carbons (Fsp3) is 0.621. The molecule has 5 heterocycles. The second-order valence-electron chi connectivity index (χ2n) is 21.2. The van der Waals surface area contributed by atoms with E-state index in [0.29, 0.717) is 75.9 Å². The van der Waals surface area contributed by atoms with Gasteiger partial charge in [-0.15, -0.1) is 0 Å². The zero-order chi connectivity index (χ0) is 50.1. The number of carbonyl (C=O) groups is 3. The van der Waals surface area contributed by atoms with Crippen LogP contribution in [0.1, 0.15) is 154 Å². The average molecular weight is 984 g/mol. The Morgan fingerprint density at radius 3 is 1.94 bits per heavy atom. The number of pyridine rings is 1. The molecule has 14 nitrogen and oxygen atoms in total. The summed E-state index contributed by atoms with van der Waals surface area (Å²) in [5, 5.41) is 0. The van der Waals surface area contributed by atoms with Crippen LogP contribution in [-0.4, -0.2) is 121 Å². The van der Waals surface area contributed by atoms with Crippen LogP contribution in [0.3, 0.4) is 0 Å². The number of para-hydroxylation sites is 4. The molecule has 2 aliphatic heterocycles. The quantitative estimate of drug-likeness (QED) is 0.0787. The van der Waals surface area contributed by atoms with Crippen LogP contribution in [0.5, 0.6) is 5.88 Å².